The number of rotatable bonds is 9. The highest BCUT2D eigenvalue weighted by molar-refractivity contribution is 6.32. The smallest absolute Gasteiger partial charge is 0.416 e. The Balaban J connectivity index is 1.41. The lowest BCUT2D eigenvalue weighted by molar-refractivity contribution is -0.138. The van der Waals surface area contributed by atoms with Crippen molar-refractivity contribution in [3.8, 4) is 17.2 Å². The van der Waals surface area contributed by atoms with Crippen LogP contribution in [0.1, 0.15) is 26.3 Å². The maximum absolute atomic E-state index is 13.1. The van der Waals surface area contributed by atoms with Gasteiger partial charge in [-0.3, -0.25) is 24.5 Å². The fourth-order valence-electron chi connectivity index (χ4n) is 4.14. The Morgan fingerprint density at radius 3 is 2.11 bits per heavy atom. The number of hydrogen-bond acceptors (Lipinski definition) is 9. The predicted molar refractivity (Wildman–Crippen MR) is 152 cm³/mol. The number of ether oxygens (including phenoxy) is 3. The maximum Gasteiger partial charge on any atom is 0.416 e. The Morgan fingerprint density at radius 1 is 0.889 bits per heavy atom. The van der Waals surface area contributed by atoms with Crippen LogP contribution < -0.4 is 35.2 Å². The molecule has 45 heavy (non-hydrogen) atoms. The van der Waals surface area contributed by atoms with Crippen molar-refractivity contribution in [2.24, 2.45) is 11.0 Å². The first-order chi connectivity index (χ1) is 21.4. The van der Waals surface area contributed by atoms with Gasteiger partial charge in [-0.2, -0.15) is 18.3 Å². The number of imide groups is 2. The molecule has 4 rings (SSSR count). The monoisotopic (exact) mass is 627 g/mol. The summed E-state index contributed by atoms with van der Waals surface area (Å²) in [7, 11) is 4.24. The van der Waals surface area contributed by atoms with Gasteiger partial charge in [-0.15, -0.1) is 0 Å². The van der Waals surface area contributed by atoms with Crippen LogP contribution in [0.5, 0.6) is 17.2 Å². The quantitative estimate of drug-likeness (QED) is 0.184. The predicted octanol–water partition coefficient (Wildman–Crippen LogP) is 3.60. The first-order valence-corrected chi connectivity index (χ1v) is 12.8. The van der Waals surface area contributed by atoms with E-state index in [4.69, 9.17) is 14.2 Å². The van der Waals surface area contributed by atoms with Crippen molar-refractivity contribution < 1.29 is 51.4 Å². The minimum absolute atomic E-state index is 0.0816. The number of benzene rings is 3. The summed E-state index contributed by atoms with van der Waals surface area (Å²) in [6.45, 7) is 0. The van der Waals surface area contributed by atoms with E-state index in [2.05, 4.69) is 15.8 Å². The number of carbonyl (C=O) groups is 5. The molecular formula is C29H24F3N5O8. The number of methoxy groups -OCH3 is 3. The molecule has 0 radical (unpaired) electrons. The number of alkyl halides is 3. The van der Waals surface area contributed by atoms with Gasteiger partial charge in [0.25, 0.3) is 17.7 Å². The van der Waals surface area contributed by atoms with Crippen molar-refractivity contribution in [3.63, 3.8) is 0 Å². The molecule has 1 saturated heterocycles. The topological polar surface area (TPSA) is 165 Å². The normalized spacial score (nSPS) is 15.0. The average molecular weight is 628 g/mol. The Labute approximate surface area is 252 Å². The minimum atomic E-state index is -4.74. The second-order valence-corrected chi connectivity index (χ2v) is 9.16. The molecule has 3 N–H and O–H groups in total. The molecule has 1 heterocycles. The van der Waals surface area contributed by atoms with Crippen molar-refractivity contribution in [1.82, 2.24) is 10.7 Å². The summed E-state index contributed by atoms with van der Waals surface area (Å²) in [5, 5.41) is 8.15. The largest absolute Gasteiger partial charge is 0.493 e. The van der Waals surface area contributed by atoms with E-state index in [9.17, 15) is 37.1 Å². The summed E-state index contributed by atoms with van der Waals surface area (Å²) in [6, 6.07) is 10.7. The number of carbonyl (C=O) groups excluding carboxylic acids is 5. The van der Waals surface area contributed by atoms with Gasteiger partial charge in [-0.25, -0.2) is 15.1 Å². The van der Waals surface area contributed by atoms with E-state index >= 15 is 0 Å². The molecule has 234 valence electrons. The standard InChI is InChI=1S/C29H24F3N5O8/c1-43-21-11-16(12-22(44-2)23(21)45-3)24(38)34-18-9-7-15(8-10-18)25(39)36-33-14-20-26(40)35-28(42)37(27(20)41)19-6-4-5-17(13-19)29(30,31)32/h4-14,20H,1-3H3,(H,34,38)(H,36,39)(H,35,40,42)/b33-14-/t20-/m1/s1. The molecule has 13 nitrogen and oxygen atoms in total. The molecule has 1 atom stereocenters. The third kappa shape index (κ3) is 7.01. The third-order valence-electron chi connectivity index (χ3n) is 6.36. The van der Waals surface area contributed by atoms with Gasteiger partial charge < -0.3 is 19.5 Å². The number of hydrazone groups is 1. The number of halogens is 3. The van der Waals surface area contributed by atoms with E-state index < -0.39 is 53.0 Å². The highest BCUT2D eigenvalue weighted by Gasteiger charge is 2.41. The number of nitrogens with one attached hydrogen (secondary N) is 3. The molecule has 16 heteroatoms. The Hall–Kier alpha value is -5.93. The summed E-state index contributed by atoms with van der Waals surface area (Å²) in [5.74, 6) is -4.40. The molecule has 0 aliphatic carbocycles. The number of barbiturate groups is 1. The van der Waals surface area contributed by atoms with Gasteiger partial charge in [-0.1, -0.05) is 6.07 Å². The number of anilines is 2. The van der Waals surface area contributed by atoms with Crippen LogP contribution in [-0.4, -0.2) is 57.2 Å². The Kier molecular flexibility index (Phi) is 9.35. The lowest BCUT2D eigenvalue weighted by atomic mass is 10.1. The van der Waals surface area contributed by atoms with E-state index in [1.54, 1.807) is 0 Å². The Morgan fingerprint density at radius 2 is 1.53 bits per heavy atom. The SMILES string of the molecule is COc1cc(C(=O)Nc2ccc(C(=O)N/N=C\[C@@H]3C(=O)NC(=O)N(c4cccc(C(F)(F)F)c4)C3=O)cc2)cc(OC)c1OC. The van der Waals surface area contributed by atoms with Gasteiger partial charge in [0.05, 0.1) is 32.6 Å². The van der Waals surface area contributed by atoms with E-state index in [0.717, 1.165) is 24.4 Å². The summed E-state index contributed by atoms with van der Waals surface area (Å²) >= 11 is 0. The van der Waals surface area contributed by atoms with Crippen LogP contribution in [0.3, 0.4) is 0 Å². The fraction of sp³-hybridized carbons (Fsp3) is 0.172. The number of nitrogens with zero attached hydrogens (tertiary/aromatic N) is 2. The first kappa shape index (κ1) is 32.0. The molecule has 3 aromatic rings. The van der Waals surface area contributed by atoms with Gasteiger partial charge in [0.1, 0.15) is 0 Å². The van der Waals surface area contributed by atoms with E-state index in [0.29, 0.717) is 22.4 Å². The highest BCUT2D eigenvalue weighted by Crippen LogP contribution is 2.38. The lowest BCUT2D eigenvalue weighted by Gasteiger charge is -2.28. The second kappa shape index (κ2) is 13.2. The van der Waals surface area contributed by atoms with E-state index in [1.165, 1.54) is 57.7 Å². The molecule has 1 aliphatic heterocycles. The third-order valence-corrected chi connectivity index (χ3v) is 6.36. The van der Waals surface area contributed by atoms with Crippen LogP contribution in [0.25, 0.3) is 0 Å². The number of urea groups is 1. The van der Waals surface area contributed by atoms with Crippen molar-refractivity contribution in [1.29, 1.82) is 0 Å². The lowest BCUT2D eigenvalue weighted by Crippen LogP contribution is -2.58. The van der Waals surface area contributed by atoms with Crippen molar-refractivity contribution in [3.05, 3.63) is 77.4 Å². The van der Waals surface area contributed by atoms with Gasteiger partial charge in [0, 0.05) is 23.0 Å². The van der Waals surface area contributed by atoms with Crippen LogP contribution in [0.2, 0.25) is 0 Å². The van der Waals surface area contributed by atoms with Crippen LogP contribution in [0, 0.1) is 5.92 Å². The molecule has 0 saturated carbocycles. The molecule has 0 aromatic heterocycles. The molecule has 0 spiro atoms. The van der Waals surface area contributed by atoms with E-state index in [1.807, 2.05) is 5.32 Å². The molecule has 6 amide bonds. The van der Waals surface area contributed by atoms with Crippen LogP contribution in [-0.2, 0) is 15.8 Å². The summed E-state index contributed by atoms with van der Waals surface area (Å²) in [4.78, 5) is 63.2. The Bertz CT molecular complexity index is 1670. The first-order valence-electron chi connectivity index (χ1n) is 12.8. The van der Waals surface area contributed by atoms with Gasteiger partial charge >= 0.3 is 12.2 Å². The van der Waals surface area contributed by atoms with Crippen LogP contribution in [0.15, 0.2) is 65.8 Å². The molecule has 1 aliphatic rings. The molecule has 1 fully saturated rings. The average Bonchev–Trinajstić information content (AvgIpc) is 3.01. The summed E-state index contributed by atoms with van der Waals surface area (Å²) < 4.78 is 55.1. The van der Waals surface area contributed by atoms with Gasteiger partial charge in [-0.05, 0) is 54.6 Å². The van der Waals surface area contributed by atoms with Crippen molar-refractivity contribution in [2.75, 3.05) is 31.5 Å². The minimum Gasteiger partial charge on any atom is -0.493 e. The summed E-state index contributed by atoms with van der Waals surface area (Å²) in [6.07, 6.45) is -4.00. The second-order valence-electron chi connectivity index (χ2n) is 9.16. The molecular weight excluding hydrogens is 603 g/mol. The fourth-order valence-corrected chi connectivity index (χ4v) is 4.14. The zero-order valence-electron chi connectivity index (χ0n) is 23.7. The number of amides is 6. The summed E-state index contributed by atoms with van der Waals surface area (Å²) in [5.41, 5.74) is 1.21. The number of hydrogen-bond donors (Lipinski definition) is 3. The highest BCUT2D eigenvalue weighted by atomic mass is 19.4. The van der Waals surface area contributed by atoms with Crippen molar-refractivity contribution >= 4 is 47.2 Å². The van der Waals surface area contributed by atoms with Crippen LogP contribution >= 0.6 is 0 Å². The van der Waals surface area contributed by atoms with Crippen molar-refractivity contribution in [2.45, 2.75) is 6.18 Å². The zero-order chi connectivity index (χ0) is 32.9. The van der Waals surface area contributed by atoms with Gasteiger partial charge in [0.15, 0.2) is 17.4 Å². The zero-order valence-corrected chi connectivity index (χ0v) is 23.7. The molecule has 0 unspecified atom stereocenters. The maximum atomic E-state index is 13.1. The van der Waals surface area contributed by atoms with Crippen LogP contribution in [0.4, 0.5) is 29.3 Å². The van der Waals surface area contributed by atoms with E-state index in [-0.39, 0.29) is 22.6 Å². The van der Waals surface area contributed by atoms with Gasteiger partial charge in [0.2, 0.25) is 11.7 Å². The molecule has 3 aromatic carbocycles. The molecule has 0 bridgehead atoms.